The van der Waals surface area contributed by atoms with E-state index < -0.39 is 14.9 Å². The highest BCUT2D eigenvalue weighted by Crippen LogP contribution is 2.32. The molecule has 0 amide bonds. The van der Waals surface area contributed by atoms with Crippen LogP contribution in [0.2, 0.25) is 0 Å². The molecule has 0 bridgehead atoms. The van der Waals surface area contributed by atoms with Crippen LogP contribution in [0.3, 0.4) is 0 Å². The normalized spacial score (nSPS) is 22.7. The number of hydrogen-bond donors (Lipinski definition) is 1. The summed E-state index contributed by atoms with van der Waals surface area (Å²) in [5, 5.41) is 16.2. The molecule has 2 N–H and O–H groups in total. The van der Waals surface area contributed by atoms with E-state index >= 15 is 0 Å². The lowest BCUT2D eigenvalue weighted by Gasteiger charge is -2.25. The van der Waals surface area contributed by atoms with Crippen LogP contribution in [0.5, 0.6) is 0 Å². The van der Waals surface area contributed by atoms with E-state index in [0.29, 0.717) is 11.7 Å². The number of hydrogen-bond acceptors (Lipinski definition) is 6. The van der Waals surface area contributed by atoms with Crippen LogP contribution in [-0.2, 0) is 10.0 Å². The van der Waals surface area contributed by atoms with E-state index in [1.54, 1.807) is 0 Å². The van der Waals surface area contributed by atoms with Crippen molar-refractivity contribution in [2.24, 2.45) is 5.14 Å². The molecule has 23 heavy (non-hydrogen) atoms. The van der Waals surface area contributed by atoms with Gasteiger partial charge < -0.3 is 4.90 Å². The monoisotopic (exact) mass is 340 g/mol. The molecule has 126 valence electrons. The van der Waals surface area contributed by atoms with Crippen LogP contribution in [0.15, 0.2) is 23.1 Å². The number of primary sulfonamides is 1. The second kappa shape index (κ2) is 6.06. The van der Waals surface area contributed by atoms with Crippen molar-refractivity contribution in [3.63, 3.8) is 0 Å². The fraction of sp³-hybridized carbons (Fsp3) is 0.571. The van der Waals surface area contributed by atoms with Crippen LogP contribution < -0.4 is 10.0 Å². The Kier molecular flexibility index (Phi) is 4.26. The fourth-order valence-electron chi connectivity index (χ4n) is 3.47. The van der Waals surface area contributed by atoms with Gasteiger partial charge >= 0.3 is 0 Å². The third kappa shape index (κ3) is 3.31. The highest BCUT2D eigenvalue weighted by molar-refractivity contribution is 7.89. The minimum Gasteiger partial charge on any atom is -0.369 e. The van der Waals surface area contributed by atoms with Gasteiger partial charge in [0.2, 0.25) is 10.0 Å². The maximum Gasteiger partial charge on any atom is 0.270 e. The van der Waals surface area contributed by atoms with Crippen molar-refractivity contribution < 1.29 is 13.3 Å². The fourth-order valence-corrected chi connectivity index (χ4v) is 4.24. The quantitative estimate of drug-likeness (QED) is 0.644. The minimum atomic E-state index is -4.02. The average molecular weight is 340 g/mol. The Hall–Kier alpha value is -1.71. The predicted octanol–water partition coefficient (Wildman–Crippen LogP) is 0.917. The van der Waals surface area contributed by atoms with Crippen LogP contribution >= 0.6 is 0 Å². The van der Waals surface area contributed by atoms with Gasteiger partial charge in [-0.1, -0.05) is 0 Å². The van der Waals surface area contributed by atoms with Gasteiger partial charge in [0.25, 0.3) is 5.69 Å². The Morgan fingerprint density at radius 2 is 1.91 bits per heavy atom. The van der Waals surface area contributed by atoms with Gasteiger partial charge in [0, 0.05) is 31.3 Å². The van der Waals surface area contributed by atoms with Gasteiger partial charge in [-0.3, -0.25) is 15.0 Å². The van der Waals surface area contributed by atoms with Crippen LogP contribution in [0, 0.1) is 10.1 Å². The smallest absolute Gasteiger partial charge is 0.270 e. The number of nitrogens with two attached hydrogens (primary N) is 1. The van der Waals surface area contributed by atoms with Crippen LogP contribution in [-0.4, -0.2) is 50.5 Å². The zero-order chi connectivity index (χ0) is 16.6. The summed E-state index contributed by atoms with van der Waals surface area (Å²) in [5.41, 5.74) is 0.188. The molecule has 1 aromatic carbocycles. The average Bonchev–Trinajstić information content (AvgIpc) is 3.16. The SMILES string of the molecule is NS(=O)(=O)c1cc([N+](=O)[O-])ccc1N1CCC(N2CCCC2)C1. The van der Waals surface area contributed by atoms with Gasteiger partial charge in [-0.2, -0.15) is 0 Å². The van der Waals surface area contributed by atoms with Gasteiger partial charge in [0.05, 0.1) is 10.6 Å². The molecule has 0 spiro atoms. The summed E-state index contributed by atoms with van der Waals surface area (Å²) >= 11 is 0. The number of nitro benzene ring substituents is 1. The molecule has 2 aliphatic rings. The summed E-state index contributed by atoms with van der Waals surface area (Å²) in [7, 11) is -4.02. The number of non-ortho nitro benzene ring substituents is 1. The first kappa shape index (κ1) is 16.2. The number of benzene rings is 1. The molecule has 2 fully saturated rings. The lowest BCUT2D eigenvalue weighted by Crippen LogP contribution is -2.35. The van der Waals surface area contributed by atoms with E-state index in [1.165, 1.54) is 25.0 Å². The highest BCUT2D eigenvalue weighted by atomic mass is 32.2. The molecule has 8 nitrogen and oxygen atoms in total. The number of likely N-dealkylation sites (tertiary alicyclic amines) is 1. The van der Waals surface area contributed by atoms with Gasteiger partial charge in [-0.25, -0.2) is 13.6 Å². The van der Waals surface area contributed by atoms with Gasteiger partial charge in [0.15, 0.2) is 0 Å². The second-order valence-electron chi connectivity index (χ2n) is 6.09. The van der Waals surface area contributed by atoms with E-state index in [-0.39, 0.29) is 10.6 Å². The number of anilines is 1. The molecule has 9 heteroatoms. The number of nitro groups is 1. The predicted molar refractivity (Wildman–Crippen MR) is 85.9 cm³/mol. The highest BCUT2D eigenvalue weighted by Gasteiger charge is 2.32. The zero-order valence-electron chi connectivity index (χ0n) is 12.7. The Balaban J connectivity index is 1.89. The summed E-state index contributed by atoms with van der Waals surface area (Å²) in [5.74, 6) is 0. The van der Waals surface area contributed by atoms with Crippen molar-refractivity contribution in [2.45, 2.75) is 30.2 Å². The summed E-state index contributed by atoms with van der Waals surface area (Å²) in [4.78, 5) is 14.5. The van der Waals surface area contributed by atoms with Crippen molar-refractivity contribution in [1.29, 1.82) is 0 Å². The van der Waals surface area contributed by atoms with E-state index in [0.717, 1.165) is 38.7 Å². The Morgan fingerprint density at radius 3 is 2.52 bits per heavy atom. The van der Waals surface area contributed by atoms with Crippen molar-refractivity contribution in [1.82, 2.24) is 4.90 Å². The summed E-state index contributed by atoms with van der Waals surface area (Å²) in [6, 6.07) is 4.27. The summed E-state index contributed by atoms with van der Waals surface area (Å²) in [6.45, 7) is 3.61. The molecular formula is C14H20N4O4S. The molecule has 0 radical (unpaired) electrons. The first-order chi connectivity index (χ1) is 10.9. The Bertz CT molecular complexity index is 715. The van der Waals surface area contributed by atoms with E-state index in [2.05, 4.69) is 4.90 Å². The molecule has 1 unspecified atom stereocenters. The lowest BCUT2D eigenvalue weighted by atomic mass is 10.2. The van der Waals surface area contributed by atoms with E-state index in [4.69, 9.17) is 5.14 Å². The van der Waals surface area contributed by atoms with Crippen LogP contribution in [0.4, 0.5) is 11.4 Å². The number of sulfonamides is 1. The standard InChI is InChI=1S/C14H20N4O4S/c15-23(21,22)14-9-11(18(19)20)3-4-13(14)17-8-5-12(10-17)16-6-1-2-7-16/h3-4,9,12H,1-2,5-8,10H2,(H2,15,21,22). The third-order valence-corrected chi connectivity index (χ3v) is 5.56. The number of rotatable bonds is 4. The summed E-state index contributed by atoms with van der Waals surface area (Å²) < 4.78 is 23.7. The maximum absolute atomic E-state index is 11.8. The molecule has 0 aliphatic carbocycles. The van der Waals surface area contributed by atoms with Crippen LogP contribution in [0.25, 0.3) is 0 Å². The van der Waals surface area contributed by atoms with Crippen LogP contribution in [0.1, 0.15) is 19.3 Å². The van der Waals surface area contributed by atoms with Crippen molar-refractivity contribution in [3.05, 3.63) is 28.3 Å². The van der Waals surface area contributed by atoms with E-state index in [1.807, 2.05) is 4.90 Å². The zero-order valence-corrected chi connectivity index (χ0v) is 13.5. The molecule has 0 aromatic heterocycles. The third-order valence-electron chi connectivity index (χ3n) is 4.62. The van der Waals surface area contributed by atoms with Gasteiger partial charge in [-0.15, -0.1) is 0 Å². The molecule has 0 saturated carbocycles. The first-order valence-electron chi connectivity index (χ1n) is 7.66. The van der Waals surface area contributed by atoms with Crippen molar-refractivity contribution in [3.8, 4) is 0 Å². The van der Waals surface area contributed by atoms with Crippen molar-refractivity contribution >= 4 is 21.4 Å². The van der Waals surface area contributed by atoms with Gasteiger partial charge in [-0.05, 0) is 38.4 Å². The molecule has 2 saturated heterocycles. The van der Waals surface area contributed by atoms with Crippen molar-refractivity contribution in [2.75, 3.05) is 31.1 Å². The molecular weight excluding hydrogens is 320 g/mol. The Labute approximate surface area is 135 Å². The topological polar surface area (TPSA) is 110 Å². The van der Waals surface area contributed by atoms with E-state index in [9.17, 15) is 18.5 Å². The maximum atomic E-state index is 11.8. The summed E-state index contributed by atoms with van der Waals surface area (Å²) in [6.07, 6.45) is 3.37. The molecule has 3 rings (SSSR count). The molecule has 1 aromatic rings. The lowest BCUT2D eigenvalue weighted by molar-refractivity contribution is -0.385. The first-order valence-corrected chi connectivity index (χ1v) is 9.21. The van der Waals surface area contributed by atoms with Gasteiger partial charge in [0.1, 0.15) is 4.90 Å². The largest absolute Gasteiger partial charge is 0.369 e. The minimum absolute atomic E-state index is 0.172. The second-order valence-corrected chi connectivity index (χ2v) is 7.62. The molecule has 1 atom stereocenters. The molecule has 2 heterocycles. The molecule has 2 aliphatic heterocycles. The Morgan fingerprint density at radius 1 is 1.22 bits per heavy atom. The number of nitrogens with zero attached hydrogens (tertiary/aromatic N) is 3.